The molecule has 2 aromatic rings. The lowest BCUT2D eigenvalue weighted by molar-refractivity contribution is -0.0657. The number of carbonyl (C=O) groups is 1. The minimum Gasteiger partial charge on any atom is -0.497 e. The van der Waals surface area contributed by atoms with Gasteiger partial charge in [-0.25, -0.2) is 14.0 Å². The number of methoxy groups -OCH3 is 1. The summed E-state index contributed by atoms with van der Waals surface area (Å²) in [5.41, 5.74) is 1.37. The Labute approximate surface area is 192 Å². The molecule has 0 aromatic heterocycles. The molecule has 2 rings (SSSR count). The summed E-state index contributed by atoms with van der Waals surface area (Å²) >= 11 is 1.02. The van der Waals surface area contributed by atoms with Gasteiger partial charge in [0.15, 0.2) is 0 Å². The second-order valence-corrected chi connectivity index (χ2v) is 8.20. The monoisotopic (exact) mass is 467 g/mol. The van der Waals surface area contributed by atoms with Crippen molar-refractivity contribution in [3.63, 3.8) is 0 Å². The lowest BCUT2D eigenvalue weighted by Gasteiger charge is -2.30. The van der Waals surface area contributed by atoms with Crippen LogP contribution in [-0.4, -0.2) is 53.1 Å². The van der Waals surface area contributed by atoms with Crippen LogP contribution in [0.2, 0.25) is 0 Å². The summed E-state index contributed by atoms with van der Waals surface area (Å²) in [7, 11) is 1.54. The van der Waals surface area contributed by atoms with Gasteiger partial charge in [-0.2, -0.15) is 4.47 Å². The van der Waals surface area contributed by atoms with Gasteiger partial charge in [-0.05, 0) is 30.5 Å². The van der Waals surface area contributed by atoms with Crippen LogP contribution < -0.4 is 14.5 Å². The van der Waals surface area contributed by atoms with Crippen molar-refractivity contribution < 1.29 is 29.3 Å². The van der Waals surface area contributed by atoms with E-state index in [-0.39, 0.29) is 13.0 Å². The fourth-order valence-corrected chi connectivity index (χ4v) is 3.90. The van der Waals surface area contributed by atoms with Crippen molar-refractivity contribution in [3.8, 4) is 5.75 Å². The highest BCUT2D eigenvalue weighted by Crippen LogP contribution is 2.27. The quantitative estimate of drug-likeness (QED) is 0.299. The standard InChI is InChI=1S/C22H30FN3O5S/c1-3-4-13-25(32-26(29)18-11-8-12-19(15-18)30-2)16-21(27)20(24-22(28)31-23)14-17-9-6-5-7-10-17/h5-12,15,20-21,27,29H,3-4,13-14,16H2,1-2H3,(H,24,28). The van der Waals surface area contributed by atoms with Crippen LogP contribution in [0.5, 0.6) is 5.75 Å². The van der Waals surface area contributed by atoms with Crippen molar-refractivity contribution in [2.24, 2.45) is 0 Å². The van der Waals surface area contributed by atoms with E-state index in [0.29, 0.717) is 18.0 Å². The number of nitrogens with one attached hydrogen (secondary N) is 1. The van der Waals surface area contributed by atoms with Gasteiger partial charge in [0.2, 0.25) is 0 Å². The number of benzene rings is 2. The van der Waals surface area contributed by atoms with E-state index in [1.165, 1.54) is 0 Å². The first-order valence-electron chi connectivity index (χ1n) is 10.3. The minimum absolute atomic E-state index is 0.107. The van der Waals surface area contributed by atoms with Crippen LogP contribution in [0.3, 0.4) is 0 Å². The molecule has 0 heterocycles. The van der Waals surface area contributed by atoms with Crippen LogP contribution in [0.15, 0.2) is 54.6 Å². The number of ether oxygens (including phenoxy) is 1. The summed E-state index contributed by atoms with van der Waals surface area (Å²) in [4.78, 5) is 14.7. The molecule has 8 nitrogen and oxygen atoms in total. The van der Waals surface area contributed by atoms with Crippen LogP contribution in [0.4, 0.5) is 15.0 Å². The predicted octanol–water partition coefficient (Wildman–Crippen LogP) is 4.14. The normalized spacial score (nSPS) is 12.8. The number of aliphatic hydroxyl groups excluding tert-OH is 1. The molecule has 32 heavy (non-hydrogen) atoms. The fourth-order valence-electron chi connectivity index (χ4n) is 3.05. The molecule has 2 atom stereocenters. The van der Waals surface area contributed by atoms with E-state index in [4.69, 9.17) is 4.74 Å². The first-order chi connectivity index (χ1) is 15.5. The lowest BCUT2D eigenvalue weighted by atomic mass is 10.0. The number of anilines is 1. The lowest BCUT2D eigenvalue weighted by Crippen LogP contribution is -2.48. The molecule has 10 heteroatoms. The summed E-state index contributed by atoms with van der Waals surface area (Å²) in [6.07, 6.45) is -0.301. The summed E-state index contributed by atoms with van der Waals surface area (Å²) in [6, 6.07) is 15.4. The SMILES string of the molecule is CCCCN(CC(O)C(Cc1ccccc1)NC(=O)OF)SN(O)c1cccc(OC)c1. The van der Waals surface area contributed by atoms with Crippen LogP contribution in [-0.2, 0) is 11.4 Å². The molecule has 2 aromatic carbocycles. The van der Waals surface area contributed by atoms with E-state index in [1.54, 1.807) is 35.7 Å². The summed E-state index contributed by atoms with van der Waals surface area (Å²) < 4.78 is 20.3. The Balaban J connectivity index is 2.10. The number of nitrogens with zero attached hydrogens (tertiary/aromatic N) is 2. The third-order valence-corrected chi connectivity index (χ3v) is 5.68. The summed E-state index contributed by atoms with van der Waals surface area (Å²) in [5, 5.41) is 23.8. The second-order valence-electron chi connectivity index (χ2n) is 7.17. The highest BCUT2D eigenvalue weighted by molar-refractivity contribution is 7.98. The van der Waals surface area contributed by atoms with Gasteiger partial charge in [0.25, 0.3) is 0 Å². The van der Waals surface area contributed by atoms with Gasteiger partial charge < -0.3 is 15.2 Å². The van der Waals surface area contributed by atoms with Crippen LogP contribution in [0.25, 0.3) is 0 Å². The van der Waals surface area contributed by atoms with Crippen molar-refractivity contribution in [3.05, 3.63) is 60.2 Å². The Bertz CT molecular complexity index is 817. The maximum Gasteiger partial charge on any atom is 0.445 e. The molecule has 0 saturated carbocycles. The zero-order chi connectivity index (χ0) is 23.3. The van der Waals surface area contributed by atoms with Crippen LogP contribution >= 0.6 is 12.1 Å². The number of rotatable bonds is 13. The Morgan fingerprint density at radius 3 is 2.62 bits per heavy atom. The molecule has 0 spiro atoms. The molecule has 3 N–H and O–H groups in total. The molecule has 0 saturated heterocycles. The molecule has 0 bridgehead atoms. The molecule has 0 aliphatic heterocycles. The molecule has 0 fully saturated rings. The van der Waals surface area contributed by atoms with Gasteiger partial charge in [-0.15, -0.1) is 0 Å². The average molecular weight is 468 g/mol. The maximum atomic E-state index is 12.3. The van der Waals surface area contributed by atoms with Crippen molar-refractivity contribution in [2.75, 3.05) is 24.7 Å². The molecule has 0 aliphatic rings. The fraction of sp³-hybridized carbons (Fsp3) is 0.409. The number of halogens is 1. The number of hydrogen-bond acceptors (Lipinski definition) is 8. The highest BCUT2D eigenvalue weighted by atomic mass is 32.2. The minimum atomic E-state index is -1.27. The first kappa shape index (κ1) is 25.7. The van der Waals surface area contributed by atoms with Crippen molar-refractivity contribution >= 4 is 23.9 Å². The Hall–Kier alpha value is -2.53. The third kappa shape index (κ3) is 8.54. The van der Waals surface area contributed by atoms with Crippen LogP contribution in [0, 0.1) is 0 Å². The molecule has 0 aliphatic carbocycles. The molecular formula is C22H30FN3O5S. The van der Waals surface area contributed by atoms with E-state index < -0.39 is 18.2 Å². The van der Waals surface area contributed by atoms with Gasteiger partial charge in [0.05, 0.1) is 37.1 Å². The number of carbonyl (C=O) groups excluding carboxylic acids is 1. The predicted molar refractivity (Wildman–Crippen MR) is 122 cm³/mol. The Kier molecular flexibility index (Phi) is 11.1. The molecular weight excluding hydrogens is 437 g/mol. The zero-order valence-corrected chi connectivity index (χ0v) is 19.0. The van der Waals surface area contributed by atoms with Crippen molar-refractivity contribution in [1.82, 2.24) is 9.62 Å². The average Bonchev–Trinajstić information content (AvgIpc) is 2.82. The van der Waals surface area contributed by atoms with Gasteiger partial charge in [0.1, 0.15) is 5.75 Å². The topological polar surface area (TPSA) is 94.5 Å². The number of unbranched alkanes of at least 4 members (excludes halogenated alkanes) is 1. The number of aliphatic hydroxyl groups is 1. The number of amides is 1. The van der Waals surface area contributed by atoms with Gasteiger partial charge >= 0.3 is 6.09 Å². The molecule has 1 amide bonds. The number of hydrogen-bond donors (Lipinski definition) is 3. The largest absolute Gasteiger partial charge is 0.497 e. The first-order valence-corrected chi connectivity index (χ1v) is 11.1. The second kappa shape index (κ2) is 13.8. The van der Waals surface area contributed by atoms with Gasteiger partial charge in [-0.1, -0.05) is 49.7 Å². The van der Waals surface area contributed by atoms with E-state index >= 15 is 0 Å². The molecule has 2 unspecified atom stereocenters. The van der Waals surface area contributed by atoms with E-state index in [9.17, 15) is 19.6 Å². The van der Waals surface area contributed by atoms with Gasteiger partial charge in [0, 0.05) is 23.7 Å². The van der Waals surface area contributed by atoms with E-state index in [1.807, 2.05) is 37.3 Å². The van der Waals surface area contributed by atoms with Gasteiger partial charge in [-0.3, -0.25) is 5.21 Å². The van der Waals surface area contributed by atoms with Crippen molar-refractivity contribution in [1.29, 1.82) is 0 Å². The van der Waals surface area contributed by atoms with Crippen molar-refractivity contribution in [2.45, 2.75) is 38.3 Å². The molecule has 0 radical (unpaired) electrons. The zero-order valence-electron chi connectivity index (χ0n) is 18.2. The summed E-state index contributed by atoms with van der Waals surface area (Å²) in [5.74, 6) is 0.596. The Morgan fingerprint density at radius 1 is 1.22 bits per heavy atom. The maximum absolute atomic E-state index is 12.3. The molecule has 176 valence electrons. The van der Waals surface area contributed by atoms with E-state index in [2.05, 4.69) is 10.3 Å². The van der Waals surface area contributed by atoms with Crippen LogP contribution in [0.1, 0.15) is 25.3 Å². The highest BCUT2D eigenvalue weighted by Gasteiger charge is 2.26. The Morgan fingerprint density at radius 2 is 1.97 bits per heavy atom. The summed E-state index contributed by atoms with van der Waals surface area (Å²) in [6.45, 7) is 2.72. The van der Waals surface area contributed by atoms with E-state index in [0.717, 1.165) is 35.0 Å². The third-order valence-electron chi connectivity index (χ3n) is 4.75. The smallest absolute Gasteiger partial charge is 0.445 e.